The summed E-state index contributed by atoms with van der Waals surface area (Å²) in [6.07, 6.45) is 7.45. The number of hydrogen-bond donors (Lipinski definition) is 1. The zero-order valence-corrected chi connectivity index (χ0v) is 22.7. The molecule has 2 fully saturated rings. The van der Waals surface area contributed by atoms with E-state index in [0.29, 0.717) is 38.0 Å². The zero-order valence-electron chi connectivity index (χ0n) is 22.7. The predicted octanol–water partition coefficient (Wildman–Crippen LogP) is 8.00. The van der Waals surface area contributed by atoms with Gasteiger partial charge in [0.15, 0.2) is 11.4 Å². The van der Waals surface area contributed by atoms with Crippen LogP contribution in [-0.2, 0) is 9.53 Å². The third kappa shape index (κ3) is 4.75. The third-order valence-electron chi connectivity index (χ3n) is 9.71. The normalized spacial score (nSPS) is 32.7. The number of allylic oxidation sites excluding steroid dienone is 7. The van der Waals surface area contributed by atoms with Crippen molar-refractivity contribution >= 4 is 11.9 Å². The molecular formula is C33H37F3O3. The van der Waals surface area contributed by atoms with Gasteiger partial charge in [-0.1, -0.05) is 61.6 Å². The second kappa shape index (κ2) is 10.3. The van der Waals surface area contributed by atoms with E-state index in [-0.39, 0.29) is 36.4 Å². The van der Waals surface area contributed by atoms with Gasteiger partial charge in [0.1, 0.15) is 5.76 Å². The van der Waals surface area contributed by atoms with Gasteiger partial charge in [0.05, 0.1) is 6.61 Å². The standard InChI is InChI=1S/C33H37F3O3/c1-4-39-21(2)7-5-6-8-22-9-11-23(12-10-22)28-20-31(3)29(17-18-32(31,38)33(34,35)36)27-15-13-24-19-25(37)14-16-26(24)30(27)28/h5-12,19,27-29,38H,2,4,13-18,20H2,1,3H3/b7-5+,8-6+/t27?,28?,29?,31?,32-/m0/s1. The Labute approximate surface area is 228 Å². The molecule has 2 saturated carbocycles. The summed E-state index contributed by atoms with van der Waals surface area (Å²) >= 11 is 0. The van der Waals surface area contributed by atoms with Gasteiger partial charge in [-0.15, -0.1) is 0 Å². The van der Waals surface area contributed by atoms with Crippen LogP contribution in [-0.4, -0.2) is 29.3 Å². The summed E-state index contributed by atoms with van der Waals surface area (Å²) in [6.45, 7) is 7.94. The van der Waals surface area contributed by atoms with E-state index in [1.165, 1.54) is 11.1 Å². The Morgan fingerprint density at radius 1 is 1.15 bits per heavy atom. The first-order valence-electron chi connectivity index (χ1n) is 14.0. The van der Waals surface area contributed by atoms with Crippen LogP contribution < -0.4 is 0 Å². The third-order valence-corrected chi connectivity index (χ3v) is 9.71. The average molecular weight is 539 g/mol. The number of rotatable bonds is 6. The molecule has 1 N–H and O–H groups in total. The summed E-state index contributed by atoms with van der Waals surface area (Å²) in [5.41, 5.74) is 1.43. The van der Waals surface area contributed by atoms with Crippen molar-refractivity contribution in [1.29, 1.82) is 0 Å². The largest absolute Gasteiger partial charge is 0.495 e. The molecule has 0 spiro atoms. The maximum absolute atomic E-state index is 14.4. The van der Waals surface area contributed by atoms with Crippen LogP contribution in [0.4, 0.5) is 13.2 Å². The molecule has 0 heterocycles. The molecule has 0 bridgehead atoms. The van der Waals surface area contributed by atoms with Crippen LogP contribution in [0.25, 0.3) is 6.08 Å². The molecule has 5 atom stereocenters. The summed E-state index contributed by atoms with van der Waals surface area (Å²) in [7, 11) is 0. The Kier molecular flexibility index (Phi) is 7.30. The van der Waals surface area contributed by atoms with Crippen molar-refractivity contribution < 1.29 is 27.8 Å². The summed E-state index contributed by atoms with van der Waals surface area (Å²) < 4.78 is 48.5. The van der Waals surface area contributed by atoms with Crippen LogP contribution in [0, 0.1) is 17.3 Å². The van der Waals surface area contributed by atoms with E-state index in [0.717, 1.165) is 23.1 Å². The van der Waals surface area contributed by atoms with E-state index in [1.54, 1.807) is 19.1 Å². The summed E-state index contributed by atoms with van der Waals surface area (Å²) in [5.74, 6) is 0.229. The van der Waals surface area contributed by atoms with E-state index in [1.807, 2.05) is 49.4 Å². The summed E-state index contributed by atoms with van der Waals surface area (Å²) in [6, 6.07) is 7.99. The molecule has 1 aromatic carbocycles. The maximum atomic E-state index is 14.4. The van der Waals surface area contributed by atoms with Gasteiger partial charge < -0.3 is 9.84 Å². The van der Waals surface area contributed by atoms with E-state index in [2.05, 4.69) is 6.58 Å². The predicted molar refractivity (Wildman–Crippen MR) is 147 cm³/mol. The highest BCUT2D eigenvalue weighted by Gasteiger charge is 2.72. The number of ketones is 1. The molecular weight excluding hydrogens is 501 g/mol. The van der Waals surface area contributed by atoms with Gasteiger partial charge in [-0.3, -0.25) is 4.79 Å². The second-order valence-electron chi connectivity index (χ2n) is 11.7. The van der Waals surface area contributed by atoms with Crippen LogP contribution in [0.15, 0.2) is 77.6 Å². The highest BCUT2D eigenvalue weighted by Crippen LogP contribution is 2.69. The topological polar surface area (TPSA) is 46.5 Å². The Hall–Kier alpha value is -2.86. The van der Waals surface area contributed by atoms with Crippen molar-refractivity contribution in [1.82, 2.24) is 0 Å². The van der Waals surface area contributed by atoms with Crippen LogP contribution in [0.5, 0.6) is 0 Å². The van der Waals surface area contributed by atoms with Crippen molar-refractivity contribution in [2.45, 2.75) is 76.5 Å². The van der Waals surface area contributed by atoms with Crippen LogP contribution in [0.3, 0.4) is 0 Å². The first kappa shape index (κ1) is 27.7. The molecule has 0 aromatic heterocycles. The number of halogens is 3. The highest BCUT2D eigenvalue weighted by atomic mass is 19.4. The Bertz CT molecular complexity index is 1270. The molecule has 208 valence electrons. The lowest BCUT2D eigenvalue weighted by molar-refractivity contribution is -0.299. The minimum absolute atomic E-state index is 0.0198. The molecule has 0 radical (unpaired) electrons. The van der Waals surface area contributed by atoms with Gasteiger partial charge in [-0.2, -0.15) is 13.2 Å². The molecule has 39 heavy (non-hydrogen) atoms. The van der Waals surface area contributed by atoms with E-state index in [9.17, 15) is 23.1 Å². The first-order chi connectivity index (χ1) is 18.5. The number of fused-ring (bicyclic) bond motifs is 4. The van der Waals surface area contributed by atoms with Crippen molar-refractivity contribution in [3.05, 3.63) is 88.8 Å². The number of alkyl halides is 3. The Morgan fingerprint density at radius 2 is 1.90 bits per heavy atom. The SMILES string of the molecule is C=C(/C=C/C=C/c1ccc(C2CC3(C)C(CC[C@@]3(O)C(F)(F)F)C3CCC4=CC(=O)CCC4=C23)cc1)OCC. The molecule has 5 rings (SSSR count). The number of ether oxygens (including phenoxy) is 1. The Balaban J connectivity index is 1.52. The highest BCUT2D eigenvalue weighted by molar-refractivity contribution is 5.93. The van der Waals surface area contributed by atoms with Crippen molar-refractivity contribution in [2.24, 2.45) is 17.3 Å². The average Bonchev–Trinajstić information content (AvgIpc) is 3.18. The number of carbonyl (C=O) groups excluding carboxylic acids is 1. The fourth-order valence-corrected chi connectivity index (χ4v) is 7.83. The molecule has 4 unspecified atom stereocenters. The molecule has 3 nitrogen and oxygen atoms in total. The van der Waals surface area contributed by atoms with E-state index in [4.69, 9.17) is 4.74 Å². The zero-order chi connectivity index (χ0) is 28.0. The van der Waals surface area contributed by atoms with Gasteiger partial charge in [0.2, 0.25) is 0 Å². The van der Waals surface area contributed by atoms with Gasteiger partial charge >= 0.3 is 6.18 Å². The number of benzene rings is 1. The number of carbonyl (C=O) groups is 1. The monoisotopic (exact) mass is 538 g/mol. The maximum Gasteiger partial charge on any atom is 0.417 e. The van der Waals surface area contributed by atoms with Gasteiger partial charge in [0, 0.05) is 17.8 Å². The molecule has 0 saturated heterocycles. The fraction of sp³-hybridized carbons (Fsp3) is 0.485. The summed E-state index contributed by atoms with van der Waals surface area (Å²) in [5, 5.41) is 11.2. The molecule has 0 amide bonds. The lowest BCUT2D eigenvalue weighted by Crippen LogP contribution is -2.58. The van der Waals surface area contributed by atoms with E-state index < -0.39 is 17.2 Å². The fourth-order valence-electron chi connectivity index (χ4n) is 7.83. The molecule has 4 aliphatic rings. The van der Waals surface area contributed by atoms with Crippen LogP contribution in [0.2, 0.25) is 0 Å². The first-order valence-corrected chi connectivity index (χ1v) is 14.0. The molecule has 1 aromatic rings. The minimum Gasteiger partial charge on any atom is -0.495 e. The summed E-state index contributed by atoms with van der Waals surface area (Å²) in [4.78, 5) is 12.2. The molecule has 6 heteroatoms. The molecule has 4 aliphatic carbocycles. The van der Waals surface area contributed by atoms with Gasteiger partial charge in [-0.25, -0.2) is 0 Å². The van der Waals surface area contributed by atoms with Crippen LogP contribution in [0.1, 0.15) is 75.8 Å². The lowest BCUT2D eigenvalue weighted by atomic mass is 9.51. The molecule has 0 aliphatic heterocycles. The van der Waals surface area contributed by atoms with Gasteiger partial charge in [-0.05, 0) is 91.7 Å². The smallest absolute Gasteiger partial charge is 0.417 e. The van der Waals surface area contributed by atoms with Crippen molar-refractivity contribution in [3.63, 3.8) is 0 Å². The lowest BCUT2D eigenvalue weighted by Gasteiger charge is -2.55. The van der Waals surface area contributed by atoms with Crippen molar-refractivity contribution in [3.8, 4) is 0 Å². The van der Waals surface area contributed by atoms with Gasteiger partial charge in [0.25, 0.3) is 0 Å². The van der Waals surface area contributed by atoms with E-state index >= 15 is 0 Å². The second-order valence-corrected chi connectivity index (χ2v) is 11.7. The van der Waals surface area contributed by atoms with Crippen LogP contribution >= 0.6 is 0 Å². The Morgan fingerprint density at radius 3 is 2.59 bits per heavy atom. The quantitative estimate of drug-likeness (QED) is 0.295. The number of aliphatic hydroxyl groups is 1. The van der Waals surface area contributed by atoms with Crippen molar-refractivity contribution in [2.75, 3.05) is 6.61 Å². The number of hydrogen-bond acceptors (Lipinski definition) is 3. The minimum atomic E-state index is -4.68.